The second-order valence-corrected chi connectivity index (χ2v) is 23.6. The van der Waals surface area contributed by atoms with E-state index in [1.54, 1.807) is 154 Å². The molecule has 0 atom stereocenters. The van der Waals surface area contributed by atoms with E-state index in [0.29, 0.717) is 15.8 Å². The lowest BCUT2D eigenvalue weighted by Crippen LogP contribution is -2.28. The van der Waals surface area contributed by atoms with Crippen LogP contribution in [0.5, 0.6) is 0 Å². The van der Waals surface area contributed by atoms with E-state index in [0.717, 1.165) is 5.56 Å². The zero-order chi connectivity index (χ0) is 32.5. The van der Waals surface area contributed by atoms with Gasteiger partial charge in [-0.1, -0.05) is 162 Å². The fraction of sp³-hybridized carbons (Fsp3) is 0.860. The summed E-state index contributed by atoms with van der Waals surface area (Å²) in [6.45, 7) is 0. The van der Waals surface area contributed by atoms with Gasteiger partial charge in [-0.3, -0.25) is 0 Å². The molecule has 0 nitrogen and oxygen atoms in total. The second-order valence-electron chi connectivity index (χ2n) is 16.4. The van der Waals surface area contributed by atoms with E-state index in [-0.39, 0.29) is 0 Å². The van der Waals surface area contributed by atoms with Gasteiger partial charge in [-0.25, -0.2) is 0 Å². The molecule has 0 bridgehead atoms. The molecule has 1 aromatic carbocycles. The minimum absolute atomic E-state index is 0.385. The minimum atomic E-state index is -0.397. The van der Waals surface area contributed by atoms with Crippen molar-refractivity contribution < 1.29 is 0 Å². The highest BCUT2D eigenvalue weighted by Crippen LogP contribution is 2.63. The van der Waals surface area contributed by atoms with Gasteiger partial charge in [-0.15, -0.1) is 23.2 Å². The maximum Gasteiger partial charge on any atom is 0.132 e. The molecular weight excluding hydrogens is 649 g/mol. The summed E-state index contributed by atoms with van der Waals surface area (Å²) in [7, 11) is 0.770. The highest BCUT2D eigenvalue weighted by molar-refractivity contribution is 7.60. The Morgan fingerprint density at radius 1 is 0.340 bits per heavy atom. The average Bonchev–Trinajstić information content (AvgIpc) is 3.15. The van der Waals surface area contributed by atoms with Crippen LogP contribution in [0.1, 0.15) is 203 Å². The predicted molar refractivity (Wildman–Crippen MR) is 216 cm³/mol. The molecule has 0 N–H and O–H groups in total. The van der Waals surface area contributed by atoms with Gasteiger partial charge in [-0.05, 0) is 117 Å². The van der Waals surface area contributed by atoms with Crippen LogP contribution in [0.25, 0.3) is 0 Å². The third-order valence-electron chi connectivity index (χ3n) is 13.0. The van der Waals surface area contributed by atoms with Crippen LogP contribution in [0.2, 0.25) is 0 Å². The van der Waals surface area contributed by atoms with Crippen LogP contribution in [-0.2, 0) is 0 Å². The number of hydrogen-bond acceptors (Lipinski definition) is 0. The summed E-state index contributed by atoms with van der Waals surface area (Å²) in [5.74, 6) is 0. The maximum absolute atomic E-state index is 5.57. The Morgan fingerprint density at radius 2 is 0.553 bits per heavy atom. The van der Waals surface area contributed by atoms with E-state index < -0.39 is 4.84 Å². The monoisotopic (exact) mass is 720 g/mol. The zero-order valence-corrected chi connectivity index (χ0v) is 33.6. The topological polar surface area (TPSA) is 0 Å². The molecule has 4 heteroatoms. The molecule has 6 fully saturated rings. The van der Waals surface area contributed by atoms with Crippen LogP contribution >= 0.6 is 39.0 Å². The van der Waals surface area contributed by atoms with Gasteiger partial charge in [-0.2, -0.15) is 0 Å². The number of rotatable bonds is 7. The fourth-order valence-electron chi connectivity index (χ4n) is 10.7. The van der Waals surface area contributed by atoms with Crippen molar-refractivity contribution in [3.63, 3.8) is 0 Å². The molecule has 0 amide bonds. The molecule has 0 heterocycles. The quantitative estimate of drug-likeness (QED) is 0.194. The van der Waals surface area contributed by atoms with Crippen LogP contribution < -0.4 is 0 Å². The molecule has 6 saturated carbocycles. The summed E-state index contributed by atoms with van der Waals surface area (Å²) in [6.07, 6.45) is 47.2. The second kappa shape index (κ2) is 22.6. The first-order valence-electron chi connectivity index (χ1n) is 21.1. The largest absolute Gasteiger partial charge is 0.132 e. The summed E-state index contributed by atoms with van der Waals surface area (Å²) in [4.78, 5) is -0.397. The van der Waals surface area contributed by atoms with Crippen molar-refractivity contribution in [2.75, 3.05) is 0 Å². The van der Waals surface area contributed by atoms with Gasteiger partial charge in [0.05, 0.1) is 0 Å². The van der Waals surface area contributed by atoms with Crippen molar-refractivity contribution in [1.29, 1.82) is 0 Å². The Bertz CT molecular complexity index is 763. The molecule has 1 aromatic rings. The molecule has 47 heavy (non-hydrogen) atoms. The fourth-order valence-corrected chi connectivity index (χ4v) is 20.3. The van der Waals surface area contributed by atoms with E-state index in [9.17, 15) is 0 Å². The van der Waals surface area contributed by atoms with E-state index in [2.05, 4.69) is 0 Å². The summed E-state index contributed by atoms with van der Waals surface area (Å²) in [5.41, 5.74) is 8.08. The molecule has 7 rings (SSSR count). The van der Waals surface area contributed by atoms with Crippen molar-refractivity contribution in [2.45, 2.75) is 231 Å². The van der Waals surface area contributed by atoms with Gasteiger partial charge in [0, 0.05) is 0 Å². The molecule has 0 unspecified atom stereocenters. The standard InChI is InChI=1S/2C18H33P.C7H6Cl2/c2*1-4-10-16(11-5-1)19(17-12-6-2-7-13-17)18-14-8-3-9-15-18;8-7(9)6-4-2-1-3-5-6/h2*16-18H,1-15H2;1-5,7H. The first-order chi connectivity index (χ1) is 23.2. The number of benzene rings is 1. The van der Waals surface area contributed by atoms with Crippen molar-refractivity contribution in [2.24, 2.45) is 0 Å². The molecule has 0 saturated heterocycles. The highest BCUT2D eigenvalue weighted by atomic mass is 35.5. The maximum atomic E-state index is 5.57. The molecule has 0 radical (unpaired) electrons. The Kier molecular flexibility index (Phi) is 18.7. The number of alkyl halides is 2. The van der Waals surface area contributed by atoms with E-state index in [1.807, 2.05) is 30.3 Å². The van der Waals surface area contributed by atoms with Crippen molar-refractivity contribution in [1.82, 2.24) is 0 Å². The molecule has 0 spiro atoms. The van der Waals surface area contributed by atoms with Crippen molar-refractivity contribution >= 4 is 39.0 Å². The summed E-state index contributed by atoms with van der Waals surface area (Å²) in [5, 5.41) is 0. The highest BCUT2D eigenvalue weighted by Gasteiger charge is 2.37. The third kappa shape index (κ3) is 13.0. The predicted octanol–water partition coefficient (Wildman–Crippen LogP) is 16.1. The molecule has 268 valence electrons. The van der Waals surface area contributed by atoms with Gasteiger partial charge >= 0.3 is 0 Å². The number of halogens is 2. The lowest BCUT2D eigenvalue weighted by Gasteiger charge is -2.44. The summed E-state index contributed by atoms with van der Waals surface area (Å²) in [6, 6.07) is 9.54. The first-order valence-corrected chi connectivity index (χ1v) is 25.1. The van der Waals surface area contributed by atoms with Crippen LogP contribution in [-0.4, -0.2) is 34.0 Å². The van der Waals surface area contributed by atoms with E-state index >= 15 is 0 Å². The third-order valence-corrected chi connectivity index (χ3v) is 21.7. The zero-order valence-electron chi connectivity index (χ0n) is 30.3. The lowest BCUT2D eigenvalue weighted by molar-refractivity contribution is 0.460. The summed E-state index contributed by atoms with van der Waals surface area (Å²) >= 11 is 11.1. The Labute approximate surface area is 305 Å². The molecular formula is C43H72Cl2P2. The van der Waals surface area contributed by atoms with Gasteiger partial charge in [0.2, 0.25) is 0 Å². The Hall–Kier alpha value is 0.660. The van der Waals surface area contributed by atoms with Crippen molar-refractivity contribution in [3.05, 3.63) is 35.9 Å². The van der Waals surface area contributed by atoms with E-state index in [1.165, 1.54) is 72.5 Å². The van der Waals surface area contributed by atoms with E-state index in [4.69, 9.17) is 23.2 Å². The molecule has 6 aliphatic carbocycles. The van der Waals surface area contributed by atoms with Gasteiger partial charge in [0.25, 0.3) is 0 Å². The Morgan fingerprint density at radius 3 is 0.723 bits per heavy atom. The van der Waals surface area contributed by atoms with Crippen molar-refractivity contribution in [3.8, 4) is 0 Å². The first kappa shape index (κ1) is 38.9. The van der Waals surface area contributed by atoms with Crippen LogP contribution in [0, 0.1) is 0 Å². The van der Waals surface area contributed by atoms with Crippen LogP contribution in [0.3, 0.4) is 0 Å². The van der Waals surface area contributed by atoms with Crippen LogP contribution in [0.15, 0.2) is 30.3 Å². The van der Waals surface area contributed by atoms with Gasteiger partial charge < -0.3 is 0 Å². The van der Waals surface area contributed by atoms with Crippen LogP contribution in [0.4, 0.5) is 0 Å². The molecule has 0 aromatic heterocycles. The van der Waals surface area contributed by atoms with Gasteiger partial charge in [0.1, 0.15) is 4.84 Å². The smallest absolute Gasteiger partial charge is 0.100 e. The SMILES string of the molecule is C1CCC(P(C2CCCCC2)C2CCCCC2)CC1.C1CCC(P(C2CCCCC2)C2CCCCC2)CC1.ClC(Cl)c1ccccc1. The van der Waals surface area contributed by atoms with Gasteiger partial charge in [0.15, 0.2) is 0 Å². The molecule has 6 aliphatic rings. The summed E-state index contributed by atoms with van der Waals surface area (Å²) < 4.78 is 0. The lowest BCUT2D eigenvalue weighted by atomic mass is 9.99. The normalized spacial score (nSPS) is 25.3. The minimum Gasteiger partial charge on any atom is -0.100 e. The Balaban J connectivity index is 0.000000148. The number of hydrogen-bond donors (Lipinski definition) is 0. The molecule has 0 aliphatic heterocycles. The average molecular weight is 722 g/mol.